The maximum Gasteiger partial charge on any atom is 0.278 e. The number of hydrogen-bond donors (Lipinski definition) is 0. The van der Waals surface area contributed by atoms with E-state index >= 15 is 0 Å². The van der Waals surface area contributed by atoms with Gasteiger partial charge in [0.05, 0.1) is 24.9 Å². The molecule has 2 aromatic heterocycles. The highest BCUT2D eigenvalue weighted by atomic mass is 19.1. The van der Waals surface area contributed by atoms with Crippen LogP contribution in [0.3, 0.4) is 0 Å². The fourth-order valence-corrected chi connectivity index (χ4v) is 3.51. The van der Waals surface area contributed by atoms with Crippen molar-refractivity contribution < 1.29 is 18.4 Å². The summed E-state index contributed by atoms with van der Waals surface area (Å²) in [6, 6.07) is 15.8. The highest BCUT2D eigenvalue weighted by molar-refractivity contribution is 5.59. The molecule has 158 valence electrons. The first-order valence-electron chi connectivity index (χ1n) is 10.1. The van der Waals surface area contributed by atoms with Crippen LogP contribution in [0.2, 0.25) is 0 Å². The second-order valence-corrected chi connectivity index (χ2v) is 7.67. The molecule has 1 aliphatic rings. The molecule has 0 fully saturated rings. The van der Waals surface area contributed by atoms with Gasteiger partial charge in [0.2, 0.25) is 5.82 Å². The van der Waals surface area contributed by atoms with Crippen LogP contribution >= 0.6 is 0 Å². The third-order valence-corrected chi connectivity index (χ3v) is 5.01. The van der Waals surface area contributed by atoms with Gasteiger partial charge in [-0.3, -0.25) is 4.68 Å². The molecule has 1 atom stereocenters. The number of benzene rings is 2. The van der Waals surface area contributed by atoms with Crippen LogP contribution < -0.4 is 4.74 Å². The molecule has 2 aromatic carbocycles. The Morgan fingerprint density at radius 3 is 2.61 bits per heavy atom. The van der Waals surface area contributed by atoms with Crippen molar-refractivity contribution in [1.82, 2.24) is 19.9 Å². The van der Waals surface area contributed by atoms with Crippen LogP contribution in [0, 0.1) is 5.82 Å². The van der Waals surface area contributed by atoms with E-state index in [-0.39, 0.29) is 18.0 Å². The Balaban J connectivity index is 1.34. The number of halogens is 1. The molecule has 0 spiro atoms. The minimum absolute atomic E-state index is 0.112. The van der Waals surface area contributed by atoms with Crippen LogP contribution in [0.4, 0.5) is 4.39 Å². The topological polar surface area (TPSA) is 75.2 Å². The van der Waals surface area contributed by atoms with Crippen molar-refractivity contribution in [3.8, 4) is 28.7 Å². The molecule has 1 aliphatic heterocycles. The molecule has 0 amide bonds. The SMILES string of the molecule is CC(C)Oc1ccc(-c2noc(-c3cc4n(n3)C[C@H](c3ccc(F)cc3)OC4)n2)cc1. The molecule has 3 heterocycles. The summed E-state index contributed by atoms with van der Waals surface area (Å²) in [7, 11) is 0. The molecular formula is C23H21FN4O3. The van der Waals surface area contributed by atoms with Gasteiger partial charge < -0.3 is 14.0 Å². The van der Waals surface area contributed by atoms with Gasteiger partial charge in [0.25, 0.3) is 5.89 Å². The van der Waals surface area contributed by atoms with E-state index in [2.05, 4.69) is 15.2 Å². The molecule has 4 aromatic rings. The predicted octanol–water partition coefficient (Wildman–Crippen LogP) is 4.80. The van der Waals surface area contributed by atoms with Crippen LogP contribution in [0.15, 0.2) is 59.1 Å². The van der Waals surface area contributed by atoms with Crippen molar-refractivity contribution in [2.45, 2.75) is 39.2 Å². The van der Waals surface area contributed by atoms with Gasteiger partial charge in [-0.2, -0.15) is 10.1 Å². The summed E-state index contributed by atoms with van der Waals surface area (Å²) in [4.78, 5) is 4.49. The van der Waals surface area contributed by atoms with Crippen LogP contribution in [0.25, 0.3) is 23.0 Å². The molecule has 0 saturated carbocycles. The van der Waals surface area contributed by atoms with Gasteiger partial charge in [-0.25, -0.2) is 4.39 Å². The van der Waals surface area contributed by atoms with Gasteiger partial charge in [0, 0.05) is 5.56 Å². The minimum atomic E-state index is -0.268. The molecule has 0 bridgehead atoms. The standard InChI is InChI=1S/C23H21FN4O3/c1-14(2)30-19-9-5-16(6-10-19)22-25-23(31-27-22)20-11-18-13-29-21(12-28(18)26-20)15-3-7-17(24)8-4-15/h3-11,14,21H,12-13H2,1-2H3/t21-/m1/s1. The largest absolute Gasteiger partial charge is 0.491 e. The number of hydrogen-bond acceptors (Lipinski definition) is 6. The van der Waals surface area contributed by atoms with Crippen molar-refractivity contribution >= 4 is 0 Å². The van der Waals surface area contributed by atoms with Gasteiger partial charge in [-0.05, 0) is 61.9 Å². The zero-order valence-electron chi connectivity index (χ0n) is 17.2. The monoisotopic (exact) mass is 420 g/mol. The fourth-order valence-electron chi connectivity index (χ4n) is 3.51. The Kier molecular flexibility index (Phi) is 4.99. The van der Waals surface area contributed by atoms with Crippen molar-refractivity contribution in [2.75, 3.05) is 0 Å². The average molecular weight is 420 g/mol. The molecule has 7 nitrogen and oxygen atoms in total. The van der Waals surface area contributed by atoms with E-state index in [1.807, 2.05) is 48.9 Å². The summed E-state index contributed by atoms with van der Waals surface area (Å²) in [6.07, 6.45) is -0.0770. The number of nitrogens with zero attached hydrogens (tertiary/aromatic N) is 4. The van der Waals surface area contributed by atoms with Gasteiger partial charge >= 0.3 is 0 Å². The Hall–Kier alpha value is -3.52. The third-order valence-electron chi connectivity index (χ3n) is 5.01. The molecule has 31 heavy (non-hydrogen) atoms. The van der Waals surface area contributed by atoms with E-state index in [1.165, 1.54) is 12.1 Å². The molecule has 0 N–H and O–H groups in total. The van der Waals surface area contributed by atoms with Gasteiger partial charge in [0.1, 0.15) is 17.7 Å². The van der Waals surface area contributed by atoms with Crippen LogP contribution in [-0.2, 0) is 17.9 Å². The van der Waals surface area contributed by atoms with Crippen LogP contribution in [0.1, 0.15) is 31.2 Å². The van der Waals surface area contributed by atoms with Gasteiger partial charge in [-0.1, -0.05) is 17.3 Å². The first-order chi connectivity index (χ1) is 15.0. The molecule has 0 saturated heterocycles. The normalized spacial score (nSPS) is 15.8. The average Bonchev–Trinajstić information content (AvgIpc) is 3.41. The van der Waals surface area contributed by atoms with E-state index in [0.717, 1.165) is 22.6 Å². The Bertz CT molecular complexity index is 1180. The Morgan fingerprint density at radius 1 is 1.10 bits per heavy atom. The van der Waals surface area contributed by atoms with Crippen LogP contribution in [-0.4, -0.2) is 26.0 Å². The van der Waals surface area contributed by atoms with Crippen LogP contribution in [0.5, 0.6) is 5.75 Å². The van der Waals surface area contributed by atoms with Crippen molar-refractivity contribution in [3.63, 3.8) is 0 Å². The van der Waals surface area contributed by atoms with Crippen molar-refractivity contribution in [3.05, 3.63) is 71.7 Å². The first-order valence-corrected chi connectivity index (χ1v) is 10.1. The smallest absolute Gasteiger partial charge is 0.278 e. The quantitative estimate of drug-likeness (QED) is 0.462. The minimum Gasteiger partial charge on any atom is -0.491 e. The molecule has 0 radical (unpaired) electrons. The van der Waals surface area contributed by atoms with E-state index < -0.39 is 0 Å². The number of fused-ring (bicyclic) bond motifs is 1. The maximum atomic E-state index is 13.2. The van der Waals surface area contributed by atoms with Gasteiger partial charge in [0.15, 0.2) is 5.69 Å². The second kappa shape index (κ2) is 7.96. The van der Waals surface area contributed by atoms with E-state index in [1.54, 1.807) is 12.1 Å². The lowest BCUT2D eigenvalue weighted by atomic mass is 10.1. The Morgan fingerprint density at radius 2 is 1.87 bits per heavy atom. The maximum absolute atomic E-state index is 13.2. The highest BCUT2D eigenvalue weighted by Crippen LogP contribution is 2.29. The zero-order valence-corrected chi connectivity index (χ0v) is 17.2. The number of ether oxygens (including phenoxy) is 2. The van der Waals surface area contributed by atoms with E-state index in [4.69, 9.17) is 14.0 Å². The van der Waals surface area contributed by atoms with E-state index in [9.17, 15) is 4.39 Å². The summed E-state index contributed by atoms with van der Waals surface area (Å²) in [5.41, 5.74) is 3.25. The zero-order chi connectivity index (χ0) is 21.4. The molecule has 8 heteroatoms. The third kappa shape index (κ3) is 4.06. The molecule has 0 aliphatic carbocycles. The van der Waals surface area contributed by atoms with Gasteiger partial charge in [-0.15, -0.1) is 0 Å². The number of aromatic nitrogens is 4. The fraction of sp³-hybridized carbons (Fsp3) is 0.261. The summed E-state index contributed by atoms with van der Waals surface area (Å²) in [5, 5.41) is 8.70. The summed E-state index contributed by atoms with van der Waals surface area (Å²) in [5.74, 6) is 1.35. The summed E-state index contributed by atoms with van der Waals surface area (Å²) < 4.78 is 32.1. The molecular weight excluding hydrogens is 399 g/mol. The van der Waals surface area contributed by atoms with Crippen molar-refractivity contribution in [2.24, 2.45) is 0 Å². The lowest BCUT2D eigenvalue weighted by Gasteiger charge is -2.24. The number of rotatable bonds is 5. The lowest BCUT2D eigenvalue weighted by molar-refractivity contribution is -0.00116. The Labute approximate surface area is 178 Å². The summed E-state index contributed by atoms with van der Waals surface area (Å²) in [6.45, 7) is 4.89. The lowest BCUT2D eigenvalue weighted by Crippen LogP contribution is -2.21. The van der Waals surface area contributed by atoms with Crippen molar-refractivity contribution in [1.29, 1.82) is 0 Å². The summed E-state index contributed by atoms with van der Waals surface area (Å²) >= 11 is 0. The predicted molar refractivity (Wildman–Crippen MR) is 111 cm³/mol. The second-order valence-electron chi connectivity index (χ2n) is 7.67. The molecule has 0 unspecified atom stereocenters. The molecule has 5 rings (SSSR count). The first kappa shape index (κ1) is 19.4. The van der Waals surface area contributed by atoms with E-state index in [0.29, 0.717) is 30.6 Å². The highest BCUT2D eigenvalue weighted by Gasteiger charge is 2.24.